The van der Waals surface area contributed by atoms with E-state index in [0.29, 0.717) is 0 Å². The molecule has 0 bridgehead atoms. The van der Waals surface area contributed by atoms with Gasteiger partial charge in [0.05, 0.1) is 11.8 Å². The third-order valence-corrected chi connectivity index (χ3v) is 2.60. The summed E-state index contributed by atoms with van der Waals surface area (Å²) in [5.41, 5.74) is 0. The van der Waals surface area contributed by atoms with Crippen molar-refractivity contribution in [3.05, 3.63) is 0 Å². The van der Waals surface area contributed by atoms with Crippen LogP contribution in [0.4, 0.5) is 0 Å². The van der Waals surface area contributed by atoms with Crippen molar-refractivity contribution in [2.24, 2.45) is 11.8 Å². The SMILES string of the molecule is O=C1CC[C@@H](C(=O)O)[C@@H]1C=S(=O)=O. The molecule has 0 aliphatic heterocycles. The molecule has 0 heterocycles. The number of carbonyl (C=O) groups is 2. The summed E-state index contributed by atoms with van der Waals surface area (Å²) in [5.74, 6) is -3.25. The topological polar surface area (TPSA) is 88.5 Å². The van der Waals surface area contributed by atoms with Crippen molar-refractivity contribution >= 4 is 27.4 Å². The maximum absolute atomic E-state index is 11.1. The fourth-order valence-corrected chi connectivity index (χ4v) is 2.02. The van der Waals surface area contributed by atoms with E-state index < -0.39 is 28.1 Å². The molecule has 6 heteroatoms. The van der Waals surface area contributed by atoms with Crippen LogP contribution in [0.3, 0.4) is 0 Å². The lowest BCUT2D eigenvalue weighted by molar-refractivity contribution is -0.143. The highest BCUT2D eigenvalue weighted by molar-refractivity contribution is 7.71. The van der Waals surface area contributed by atoms with Crippen molar-refractivity contribution in [3.8, 4) is 0 Å². The van der Waals surface area contributed by atoms with Crippen molar-refractivity contribution in [1.29, 1.82) is 0 Å². The second-order valence-corrected chi connectivity index (χ2v) is 3.67. The highest BCUT2D eigenvalue weighted by atomic mass is 32.2. The first-order valence-electron chi connectivity index (χ1n) is 3.71. The monoisotopic (exact) mass is 204 g/mol. The fraction of sp³-hybridized carbons (Fsp3) is 0.571. The van der Waals surface area contributed by atoms with Crippen LogP contribution in [0.5, 0.6) is 0 Å². The predicted molar refractivity (Wildman–Crippen MR) is 43.8 cm³/mol. The van der Waals surface area contributed by atoms with Gasteiger partial charge >= 0.3 is 5.97 Å². The molecule has 1 N–H and O–H groups in total. The minimum Gasteiger partial charge on any atom is -0.481 e. The van der Waals surface area contributed by atoms with E-state index in [9.17, 15) is 18.0 Å². The first kappa shape index (κ1) is 9.91. The number of carbonyl (C=O) groups excluding carboxylic acids is 1. The Morgan fingerprint density at radius 2 is 2.15 bits per heavy atom. The molecule has 1 saturated carbocycles. The highest BCUT2D eigenvalue weighted by Crippen LogP contribution is 2.27. The van der Waals surface area contributed by atoms with E-state index in [1.165, 1.54) is 0 Å². The average molecular weight is 204 g/mol. The van der Waals surface area contributed by atoms with Crippen LogP contribution in [0.15, 0.2) is 0 Å². The Kier molecular flexibility index (Phi) is 2.82. The van der Waals surface area contributed by atoms with E-state index in [1.807, 2.05) is 0 Å². The van der Waals surface area contributed by atoms with Crippen LogP contribution in [0, 0.1) is 11.8 Å². The second kappa shape index (κ2) is 3.69. The summed E-state index contributed by atoms with van der Waals surface area (Å²) >= 11 is 0. The third kappa shape index (κ3) is 2.15. The molecule has 0 amide bonds. The summed E-state index contributed by atoms with van der Waals surface area (Å²) in [7, 11) is -2.47. The lowest BCUT2D eigenvalue weighted by Gasteiger charge is -2.06. The molecule has 1 fully saturated rings. The lowest BCUT2D eigenvalue weighted by atomic mass is 9.98. The zero-order valence-corrected chi connectivity index (χ0v) is 7.45. The van der Waals surface area contributed by atoms with E-state index >= 15 is 0 Å². The molecule has 0 aromatic carbocycles. The van der Waals surface area contributed by atoms with Gasteiger partial charge in [-0.25, -0.2) is 0 Å². The molecule has 2 atom stereocenters. The molecule has 0 unspecified atom stereocenters. The summed E-state index contributed by atoms with van der Waals surface area (Å²) in [4.78, 5) is 21.6. The lowest BCUT2D eigenvalue weighted by Crippen LogP contribution is -2.23. The molecule has 5 nitrogen and oxygen atoms in total. The number of hydrogen-bond acceptors (Lipinski definition) is 4. The van der Waals surface area contributed by atoms with Gasteiger partial charge in [-0.2, -0.15) is 8.42 Å². The number of aliphatic carboxylic acids is 1. The molecule has 1 rings (SSSR count). The molecule has 1 aliphatic rings. The first-order valence-corrected chi connectivity index (χ1v) is 4.84. The zero-order valence-electron chi connectivity index (χ0n) is 6.63. The molecule has 0 spiro atoms. The minimum absolute atomic E-state index is 0.148. The largest absolute Gasteiger partial charge is 0.481 e. The smallest absolute Gasteiger partial charge is 0.307 e. The highest BCUT2D eigenvalue weighted by Gasteiger charge is 2.38. The summed E-state index contributed by atoms with van der Waals surface area (Å²) in [6.45, 7) is 0. The summed E-state index contributed by atoms with van der Waals surface area (Å²) in [6.07, 6.45) is 0.377. The summed E-state index contributed by atoms with van der Waals surface area (Å²) in [5, 5.41) is 9.41. The number of carboxylic acid groups (broad SMARTS) is 1. The molecule has 0 radical (unpaired) electrons. The van der Waals surface area contributed by atoms with E-state index in [-0.39, 0.29) is 18.6 Å². The summed E-state index contributed by atoms with van der Waals surface area (Å²) < 4.78 is 20.5. The van der Waals surface area contributed by atoms with Gasteiger partial charge < -0.3 is 5.11 Å². The van der Waals surface area contributed by atoms with Gasteiger partial charge in [-0.1, -0.05) is 0 Å². The standard InChI is InChI=1S/C7H8O5S/c8-6-2-1-4(7(9)10)5(6)3-13(11)12/h3-5H,1-2H2,(H,9,10)/t4-,5+/m1/s1. The van der Waals surface area contributed by atoms with Gasteiger partial charge in [0, 0.05) is 11.8 Å². The number of ketones is 1. The summed E-state index contributed by atoms with van der Waals surface area (Å²) in [6, 6.07) is 0. The number of hydrogen-bond donors (Lipinski definition) is 1. The van der Waals surface area contributed by atoms with Crippen LogP contribution in [-0.2, 0) is 19.9 Å². The van der Waals surface area contributed by atoms with E-state index in [0.717, 1.165) is 5.37 Å². The van der Waals surface area contributed by atoms with Crippen LogP contribution in [0.25, 0.3) is 0 Å². The fourth-order valence-electron chi connectivity index (χ4n) is 1.44. The second-order valence-electron chi connectivity index (χ2n) is 2.87. The van der Waals surface area contributed by atoms with Crippen LogP contribution in [0.2, 0.25) is 0 Å². The normalized spacial score (nSPS) is 27.2. The van der Waals surface area contributed by atoms with Gasteiger partial charge in [0.1, 0.15) is 5.78 Å². The Morgan fingerprint density at radius 1 is 1.54 bits per heavy atom. The molecule has 0 aromatic rings. The first-order chi connectivity index (χ1) is 6.02. The van der Waals surface area contributed by atoms with E-state index in [1.54, 1.807) is 0 Å². The van der Waals surface area contributed by atoms with Crippen LogP contribution < -0.4 is 0 Å². The molecule has 13 heavy (non-hydrogen) atoms. The molecule has 0 saturated heterocycles. The zero-order chi connectivity index (χ0) is 10.0. The number of carboxylic acids is 1. The molecule has 0 aromatic heterocycles. The number of rotatable bonds is 2. The Bertz CT molecular complexity index is 358. The molecular formula is C7H8O5S. The van der Waals surface area contributed by atoms with Crippen molar-refractivity contribution < 1.29 is 23.1 Å². The van der Waals surface area contributed by atoms with Crippen LogP contribution >= 0.6 is 0 Å². The number of Topliss-reactive ketones (excluding diaryl/α,β-unsaturated/α-hetero) is 1. The Labute approximate surface area is 75.9 Å². The van der Waals surface area contributed by atoms with Crippen molar-refractivity contribution in [2.75, 3.05) is 0 Å². The van der Waals surface area contributed by atoms with Crippen LogP contribution in [0.1, 0.15) is 12.8 Å². The van der Waals surface area contributed by atoms with Gasteiger partial charge in [0.2, 0.25) is 10.3 Å². The average Bonchev–Trinajstić information content (AvgIpc) is 2.32. The minimum atomic E-state index is -2.47. The van der Waals surface area contributed by atoms with E-state index in [4.69, 9.17) is 5.11 Å². The van der Waals surface area contributed by atoms with Gasteiger partial charge in [-0.15, -0.1) is 0 Å². The van der Waals surface area contributed by atoms with Gasteiger partial charge in [-0.05, 0) is 6.42 Å². The van der Waals surface area contributed by atoms with Gasteiger partial charge in [-0.3, -0.25) is 9.59 Å². The van der Waals surface area contributed by atoms with Crippen molar-refractivity contribution in [3.63, 3.8) is 0 Å². The van der Waals surface area contributed by atoms with Crippen LogP contribution in [-0.4, -0.2) is 30.6 Å². The van der Waals surface area contributed by atoms with E-state index in [2.05, 4.69) is 0 Å². The molecule has 72 valence electrons. The van der Waals surface area contributed by atoms with Crippen molar-refractivity contribution in [2.45, 2.75) is 12.8 Å². The van der Waals surface area contributed by atoms with Gasteiger partial charge in [0.15, 0.2) is 0 Å². The Hall–Kier alpha value is -1.17. The maximum atomic E-state index is 11.1. The van der Waals surface area contributed by atoms with Gasteiger partial charge in [0.25, 0.3) is 0 Å². The quantitative estimate of drug-likeness (QED) is 0.603. The molecule has 1 aliphatic carbocycles. The Balaban J connectivity index is 2.96. The Morgan fingerprint density at radius 3 is 2.62 bits per heavy atom. The third-order valence-electron chi connectivity index (χ3n) is 2.08. The molecular weight excluding hydrogens is 196 g/mol. The van der Waals surface area contributed by atoms with Crippen molar-refractivity contribution in [1.82, 2.24) is 0 Å². The maximum Gasteiger partial charge on any atom is 0.307 e. The predicted octanol–water partition coefficient (Wildman–Crippen LogP) is -0.652.